The van der Waals surface area contributed by atoms with Gasteiger partial charge in [-0.25, -0.2) is 9.59 Å². The molecule has 13 heavy (non-hydrogen) atoms. The summed E-state index contributed by atoms with van der Waals surface area (Å²) in [6.45, 7) is 1.39. The number of hydrogen-bond donors (Lipinski definition) is 2. The largest absolute Gasteiger partial charge is 0.479 e. The minimum Gasteiger partial charge on any atom is -0.479 e. The molecule has 0 aromatic carbocycles. The van der Waals surface area contributed by atoms with Crippen molar-refractivity contribution in [3.63, 3.8) is 0 Å². The minimum atomic E-state index is -1.33. The maximum absolute atomic E-state index is 10.7. The highest BCUT2D eigenvalue weighted by Gasteiger charge is 2.34. The molecule has 1 unspecified atom stereocenters. The number of nitrogens with zero attached hydrogens (tertiary/aromatic N) is 1. The Balaban J connectivity index is 3.02. The van der Waals surface area contributed by atoms with Crippen molar-refractivity contribution in [3.05, 3.63) is 12.2 Å². The molecule has 1 aliphatic rings. The van der Waals surface area contributed by atoms with E-state index in [4.69, 9.17) is 10.2 Å². The Morgan fingerprint density at radius 1 is 1.54 bits per heavy atom. The summed E-state index contributed by atoms with van der Waals surface area (Å²) >= 11 is 0. The summed E-state index contributed by atoms with van der Waals surface area (Å²) in [5.74, 6) is -2.32. The van der Waals surface area contributed by atoms with Crippen molar-refractivity contribution < 1.29 is 19.8 Å². The van der Waals surface area contributed by atoms with E-state index in [0.29, 0.717) is 0 Å². The average Bonchev–Trinajstić information content (AvgIpc) is 2.04. The predicted molar refractivity (Wildman–Crippen MR) is 44.9 cm³/mol. The second-order valence-corrected chi connectivity index (χ2v) is 2.99. The lowest BCUT2D eigenvalue weighted by Crippen LogP contribution is -2.36. The first-order valence-corrected chi connectivity index (χ1v) is 3.69. The SMILES string of the molecule is CC1(C(=O)O)CC=CC(C(=O)O)=N1. The van der Waals surface area contributed by atoms with Crippen LogP contribution in [-0.4, -0.2) is 33.4 Å². The van der Waals surface area contributed by atoms with E-state index >= 15 is 0 Å². The van der Waals surface area contributed by atoms with E-state index in [1.165, 1.54) is 19.1 Å². The van der Waals surface area contributed by atoms with Crippen LogP contribution in [0.4, 0.5) is 0 Å². The molecular formula is C8H9NO4. The zero-order valence-electron chi connectivity index (χ0n) is 7.02. The first-order chi connectivity index (χ1) is 5.96. The number of aliphatic carboxylic acids is 2. The molecule has 1 aliphatic heterocycles. The van der Waals surface area contributed by atoms with Crippen LogP contribution in [0.15, 0.2) is 17.1 Å². The number of aliphatic imine (C=N–C) groups is 1. The molecule has 0 fully saturated rings. The van der Waals surface area contributed by atoms with Gasteiger partial charge in [-0.1, -0.05) is 6.08 Å². The van der Waals surface area contributed by atoms with Gasteiger partial charge in [-0.3, -0.25) is 4.99 Å². The molecule has 70 valence electrons. The summed E-state index contributed by atoms with van der Waals surface area (Å²) < 4.78 is 0. The van der Waals surface area contributed by atoms with Gasteiger partial charge in [-0.15, -0.1) is 0 Å². The normalized spacial score (nSPS) is 26.7. The van der Waals surface area contributed by atoms with Crippen molar-refractivity contribution in [2.24, 2.45) is 4.99 Å². The highest BCUT2D eigenvalue weighted by molar-refractivity contribution is 6.40. The van der Waals surface area contributed by atoms with E-state index in [0.717, 1.165) is 0 Å². The van der Waals surface area contributed by atoms with Gasteiger partial charge in [0.25, 0.3) is 0 Å². The summed E-state index contributed by atoms with van der Waals surface area (Å²) in [5.41, 5.74) is -1.54. The molecule has 0 radical (unpaired) electrons. The molecule has 5 heteroatoms. The Morgan fingerprint density at radius 2 is 2.15 bits per heavy atom. The molecule has 0 aromatic rings. The number of hydrogen-bond acceptors (Lipinski definition) is 3. The smallest absolute Gasteiger partial charge is 0.354 e. The van der Waals surface area contributed by atoms with Crippen molar-refractivity contribution in [3.8, 4) is 0 Å². The molecule has 2 N–H and O–H groups in total. The van der Waals surface area contributed by atoms with Gasteiger partial charge in [0.15, 0.2) is 5.54 Å². The molecule has 1 rings (SSSR count). The molecule has 0 saturated heterocycles. The first kappa shape index (κ1) is 9.44. The molecule has 0 aliphatic carbocycles. The number of dihydropyridines is 1. The third-order valence-electron chi connectivity index (χ3n) is 1.84. The molecule has 0 saturated carbocycles. The number of carbonyl (C=O) groups is 2. The van der Waals surface area contributed by atoms with Gasteiger partial charge in [-0.2, -0.15) is 0 Å². The average molecular weight is 183 g/mol. The van der Waals surface area contributed by atoms with Gasteiger partial charge in [0, 0.05) is 6.42 Å². The van der Waals surface area contributed by atoms with E-state index in [1.807, 2.05) is 0 Å². The van der Waals surface area contributed by atoms with E-state index in [-0.39, 0.29) is 12.1 Å². The van der Waals surface area contributed by atoms with Crippen LogP contribution in [0.2, 0.25) is 0 Å². The highest BCUT2D eigenvalue weighted by atomic mass is 16.4. The van der Waals surface area contributed by atoms with Gasteiger partial charge in [0.1, 0.15) is 5.71 Å². The third kappa shape index (κ3) is 1.74. The monoisotopic (exact) mass is 183 g/mol. The van der Waals surface area contributed by atoms with E-state index in [2.05, 4.69) is 4.99 Å². The lowest BCUT2D eigenvalue weighted by Gasteiger charge is -2.21. The second kappa shape index (κ2) is 3.01. The summed E-state index contributed by atoms with van der Waals surface area (Å²) in [5, 5.41) is 17.3. The van der Waals surface area contributed by atoms with Crippen molar-refractivity contribution in [1.82, 2.24) is 0 Å². The molecule has 0 aromatic heterocycles. The highest BCUT2D eigenvalue weighted by Crippen LogP contribution is 2.20. The fraction of sp³-hybridized carbons (Fsp3) is 0.375. The van der Waals surface area contributed by atoms with Crippen LogP contribution < -0.4 is 0 Å². The fourth-order valence-electron chi connectivity index (χ4n) is 1.00. The summed E-state index contributed by atoms with van der Waals surface area (Å²) in [6.07, 6.45) is 3.04. The van der Waals surface area contributed by atoms with E-state index in [9.17, 15) is 9.59 Å². The summed E-state index contributed by atoms with van der Waals surface area (Å²) in [4.78, 5) is 24.8. The van der Waals surface area contributed by atoms with Crippen molar-refractivity contribution in [2.45, 2.75) is 18.9 Å². The lowest BCUT2D eigenvalue weighted by molar-refractivity contribution is -0.142. The van der Waals surface area contributed by atoms with Crippen LogP contribution in [0.3, 0.4) is 0 Å². The van der Waals surface area contributed by atoms with Crippen LogP contribution in [-0.2, 0) is 9.59 Å². The molecule has 5 nitrogen and oxygen atoms in total. The standard InChI is InChI=1S/C8H9NO4/c1-8(7(12)13)4-2-3-5(9-8)6(10)11/h2-3H,4H2,1H3,(H,10,11)(H,12,13). The Hall–Kier alpha value is -1.65. The quantitative estimate of drug-likeness (QED) is 0.645. The molecule has 0 amide bonds. The maximum atomic E-state index is 10.7. The Kier molecular flexibility index (Phi) is 2.18. The predicted octanol–water partition coefficient (Wildman–Crippen LogP) is 0.315. The van der Waals surface area contributed by atoms with Crippen molar-refractivity contribution >= 4 is 17.7 Å². The Labute approximate surface area is 74.4 Å². The second-order valence-electron chi connectivity index (χ2n) is 2.99. The van der Waals surface area contributed by atoms with Crippen LogP contribution in [0.1, 0.15) is 13.3 Å². The Bertz CT molecular complexity index is 318. The van der Waals surface area contributed by atoms with Crippen LogP contribution in [0, 0.1) is 0 Å². The van der Waals surface area contributed by atoms with Gasteiger partial charge in [-0.05, 0) is 13.0 Å². The Morgan fingerprint density at radius 3 is 2.62 bits per heavy atom. The fourth-order valence-corrected chi connectivity index (χ4v) is 1.00. The minimum absolute atomic E-state index is 0.212. The molecule has 0 spiro atoms. The molecule has 0 bridgehead atoms. The topological polar surface area (TPSA) is 87.0 Å². The number of carboxylic acid groups (broad SMARTS) is 2. The van der Waals surface area contributed by atoms with E-state index in [1.54, 1.807) is 0 Å². The van der Waals surface area contributed by atoms with Gasteiger partial charge in [0.2, 0.25) is 0 Å². The van der Waals surface area contributed by atoms with Crippen LogP contribution >= 0.6 is 0 Å². The van der Waals surface area contributed by atoms with Gasteiger partial charge in [0.05, 0.1) is 0 Å². The maximum Gasteiger partial charge on any atom is 0.354 e. The first-order valence-electron chi connectivity index (χ1n) is 3.69. The lowest BCUT2D eigenvalue weighted by atomic mass is 9.95. The zero-order valence-corrected chi connectivity index (χ0v) is 7.02. The third-order valence-corrected chi connectivity index (χ3v) is 1.84. The van der Waals surface area contributed by atoms with E-state index < -0.39 is 17.5 Å². The van der Waals surface area contributed by atoms with Crippen LogP contribution in [0.5, 0.6) is 0 Å². The van der Waals surface area contributed by atoms with Crippen molar-refractivity contribution in [1.29, 1.82) is 0 Å². The van der Waals surface area contributed by atoms with Gasteiger partial charge >= 0.3 is 11.9 Å². The zero-order chi connectivity index (χ0) is 10.1. The molecule has 1 heterocycles. The van der Waals surface area contributed by atoms with Gasteiger partial charge < -0.3 is 10.2 Å². The number of rotatable bonds is 2. The summed E-state index contributed by atoms with van der Waals surface area (Å²) in [7, 11) is 0. The molecule has 1 atom stereocenters. The number of carboxylic acids is 2. The van der Waals surface area contributed by atoms with Crippen molar-refractivity contribution in [2.75, 3.05) is 0 Å². The summed E-state index contributed by atoms with van der Waals surface area (Å²) in [6, 6.07) is 0. The van der Waals surface area contributed by atoms with Crippen LogP contribution in [0.25, 0.3) is 0 Å². The molecular weight excluding hydrogens is 174 g/mol.